The summed E-state index contributed by atoms with van der Waals surface area (Å²) >= 11 is 0. The van der Waals surface area contributed by atoms with Gasteiger partial charge in [0.05, 0.1) is 11.8 Å². The van der Waals surface area contributed by atoms with Crippen molar-refractivity contribution < 1.29 is 37.1 Å². The molecule has 4 fully saturated rings. The van der Waals surface area contributed by atoms with Gasteiger partial charge in [-0.3, -0.25) is 19.1 Å². The first kappa shape index (κ1) is 38.5. The Morgan fingerprint density at radius 3 is 2.23 bits per heavy atom. The maximum atomic E-state index is 14.7. The van der Waals surface area contributed by atoms with Crippen LogP contribution in [0.1, 0.15) is 83.3 Å². The van der Waals surface area contributed by atoms with Crippen LogP contribution in [-0.2, 0) is 39.5 Å². The molecule has 5 atom stereocenters. The molecule has 13 heteroatoms. The van der Waals surface area contributed by atoms with Crippen LogP contribution >= 0.6 is 0 Å². The summed E-state index contributed by atoms with van der Waals surface area (Å²) in [7, 11) is -2.36. The Labute approximate surface area is 312 Å². The fraction of sp³-hybridized carbons (Fsp3) is 0.550. The monoisotopic (exact) mass is 748 g/mol. The van der Waals surface area contributed by atoms with Crippen LogP contribution in [0.5, 0.6) is 0 Å². The van der Waals surface area contributed by atoms with Crippen molar-refractivity contribution in [2.24, 2.45) is 11.3 Å². The van der Waals surface area contributed by atoms with Crippen molar-refractivity contribution in [1.29, 1.82) is 0 Å². The topological polar surface area (TPSA) is 160 Å². The van der Waals surface area contributed by atoms with Gasteiger partial charge in [-0.05, 0) is 74.0 Å². The molecule has 4 aliphatic rings. The maximum absolute atomic E-state index is 14.7. The number of sulfonamides is 1. The number of hydrogen-bond acceptors (Lipinski definition) is 8. The van der Waals surface area contributed by atoms with Crippen molar-refractivity contribution in [3.63, 3.8) is 0 Å². The summed E-state index contributed by atoms with van der Waals surface area (Å²) in [6.45, 7) is 11.3. The zero-order valence-electron chi connectivity index (χ0n) is 31.3. The molecule has 3 N–H and O–H groups in total. The van der Waals surface area contributed by atoms with Gasteiger partial charge in [0.1, 0.15) is 29.3 Å². The van der Waals surface area contributed by atoms with Crippen LogP contribution in [0.3, 0.4) is 0 Å². The SMILES string of the molecule is C=C[C@@H]1C[C@]1(NC(=O)[C@@H]1C[C@@](OC)(c2ccc(-c3cccc(C)c3)cc2)CN1C(=O)[C@@H](NC(=O)OC1CCCC1)C(C)(C)C)C(=O)NS(=O)(=O)C1CC1. The Morgan fingerprint density at radius 1 is 0.981 bits per heavy atom. The van der Waals surface area contributed by atoms with E-state index in [9.17, 15) is 27.6 Å². The first-order chi connectivity index (χ1) is 25.0. The average Bonchev–Trinajstić information content (AvgIpc) is 4.00. The highest BCUT2D eigenvalue weighted by atomic mass is 32.2. The number of rotatable bonds is 12. The standard InChI is InChI=1S/C40H52N4O8S/c1-7-28-22-40(28,36(47)43-53(49,50)31-19-20-31)42-34(45)32-23-39(51-6,29-17-15-26(16-18-29)27-12-10-11-25(2)21-27)24-44(32)35(46)33(38(3,4)5)41-37(48)52-30-13-8-9-14-30/h7,10-12,15-18,21,28,30-33H,1,8-9,13-14,19-20,22-24H2,2-6H3,(H,41,48)(H,42,45)(H,43,47)/t28-,32+,33-,39+,40-/m1/s1. The average molecular weight is 749 g/mol. The lowest BCUT2D eigenvalue weighted by molar-refractivity contribution is -0.143. The molecule has 3 saturated carbocycles. The van der Waals surface area contributed by atoms with Crippen LogP contribution in [0.4, 0.5) is 4.79 Å². The number of amides is 4. The lowest BCUT2D eigenvalue weighted by Gasteiger charge is -2.36. The number of nitrogens with zero attached hydrogens (tertiary/aromatic N) is 1. The fourth-order valence-corrected chi connectivity index (χ4v) is 9.11. The molecule has 4 amide bonds. The zero-order valence-corrected chi connectivity index (χ0v) is 32.1. The highest BCUT2D eigenvalue weighted by Gasteiger charge is 2.62. The molecule has 0 spiro atoms. The molecule has 1 heterocycles. The largest absolute Gasteiger partial charge is 0.446 e. The van der Waals surface area contributed by atoms with E-state index < -0.39 is 73.6 Å². The van der Waals surface area contributed by atoms with E-state index in [1.54, 1.807) is 0 Å². The van der Waals surface area contributed by atoms with Gasteiger partial charge in [-0.25, -0.2) is 13.2 Å². The normalized spacial score (nSPS) is 26.4. The lowest BCUT2D eigenvalue weighted by Crippen LogP contribution is -2.60. The molecule has 6 rings (SSSR count). The van der Waals surface area contributed by atoms with E-state index >= 15 is 0 Å². The van der Waals surface area contributed by atoms with Crippen LogP contribution in [0, 0.1) is 18.3 Å². The van der Waals surface area contributed by atoms with Gasteiger partial charge in [0.2, 0.25) is 21.8 Å². The highest BCUT2D eigenvalue weighted by Crippen LogP contribution is 2.47. The van der Waals surface area contributed by atoms with Gasteiger partial charge in [-0.2, -0.15) is 0 Å². The second-order valence-electron chi connectivity index (χ2n) is 16.3. The minimum atomic E-state index is -3.89. The first-order valence-electron chi connectivity index (χ1n) is 18.5. The predicted octanol–water partition coefficient (Wildman–Crippen LogP) is 4.86. The molecule has 0 radical (unpaired) electrons. The molecule has 12 nitrogen and oxygen atoms in total. The number of carbonyl (C=O) groups excluding carboxylic acids is 4. The molecule has 0 unspecified atom stereocenters. The quantitative estimate of drug-likeness (QED) is 0.260. The summed E-state index contributed by atoms with van der Waals surface area (Å²) in [6, 6.07) is 13.7. The van der Waals surface area contributed by atoms with E-state index in [0.717, 1.165) is 47.9 Å². The number of ether oxygens (including phenoxy) is 2. The van der Waals surface area contributed by atoms with Gasteiger partial charge in [0.15, 0.2) is 0 Å². The van der Waals surface area contributed by atoms with Gasteiger partial charge in [0.25, 0.3) is 5.91 Å². The molecule has 53 heavy (non-hydrogen) atoms. The third kappa shape index (κ3) is 8.01. The lowest BCUT2D eigenvalue weighted by atomic mass is 9.85. The number of likely N-dealkylation sites (tertiary alicyclic amines) is 1. The van der Waals surface area contributed by atoms with Gasteiger partial charge in [0, 0.05) is 19.4 Å². The Hall–Kier alpha value is -4.23. The second kappa shape index (κ2) is 14.5. The third-order valence-corrected chi connectivity index (χ3v) is 13.1. The van der Waals surface area contributed by atoms with Gasteiger partial charge in [-0.1, -0.05) is 80.9 Å². The van der Waals surface area contributed by atoms with E-state index in [2.05, 4.69) is 28.0 Å². The molecule has 286 valence electrons. The van der Waals surface area contributed by atoms with Crippen molar-refractivity contribution in [1.82, 2.24) is 20.3 Å². The molecule has 2 aromatic carbocycles. The Balaban J connectivity index is 1.32. The third-order valence-electron chi connectivity index (χ3n) is 11.3. The summed E-state index contributed by atoms with van der Waals surface area (Å²) in [5.41, 5.74) is 0.421. The number of aryl methyl sites for hydroxylation is 1. The van der Waals surface area contributed by atoms with E-state index in [4.69, 9.17) is 9.47 Å². The number of methoxy groups -OCH3 is 1. The Bertz CT molecular complexity index is 1860. The van der Waals surface area contributed by atoms with E-state index in [0.29, 0.717) is 12.8 Å². The van der Waals surface area contributed by atoms with Crippen molar-refractivity contribution in [2.45, 2.75) is 114 Å². The van der Waals surface area contributed by atoms with Crippen molar-refractivity contribution >= 4 is 33.8 Å². The first-order valence-corrected chi connectivity index (χ1v) is 20.1. The minimum absolute atomic E-state index is 0.0315. The molecule has 3 aliphatic carbocycles. The van der Waals surface area contributed by atoms with E-state index in [1.807, 2.05) is 70.2 Å². The number of hydrogen-bond donors (Lipinski definition) is 3. The molecule has 1 saturated heterocycles. The summed E-state index contributed by atoms with van der Waals surface area (Å²) in [6.07, 6.45) is 5.18. The van der Waals surface area contributed by atoms with Gasteiger partial charge < -0.3 is 25.0 Å². The number of nitrogens with one attached hydrogen (secondary N) is 3. The number of alkyl carbamates (subject to hydrolysis) is 1. The fourth-order valence-electron chi connectivity index (χ4n) is 7.75. The summed E-state index contributed by atoms with van der Waals surface area (Å²) < 4.78 is 39.6. The van der Waals surface area contributed by atoms with Gasteiger partial charge in [-0.15, -0.1) is 6.58 Å². The Kier molecular flexibility index (Phi) is 10.6. The molecular formula is C40H52N4O8S. The smallest absolute Gasteiger partial charge is 0.408 e. The van der Waals surface area contributed by atoms with Crippen LogP contribution < -0.4 is 15.4 Å². The molecule has 2 aromatic rings. The minimum Gasteiger partial charge on any atom is -0.446 e. The second-order valence-corrected chi connectivity index (χ2v) is 18.2. The van der Waals surface area contributed by atoms with Crippen molar-refractivity contribution in [3.05, 3.63) is 72.3 Å². The molecular weight excluding hydrogens is 697 g/mol. The van der Waals surface area contributed by atoms with Crippen LogP contribution in [0.15, 0.2) is 61.2 Å². The molecule has 0 bridgehead atoms. The number of carbonyl (C=O) groups is 4. The summed E-state index contributed by atoms with van der Waals surface area (Å²) in [5, 5.41) is 5.01. The Morgan fingerprint density at radius 2 is 1.66 bits per heavy atom. The number of benzene rings is 2. The maximum Gasteiger partial charge on any atom is 0.408 e. The predicted molar refractivity (Wildman–Crippen MR) is 200 cm³/mol. The van der Waals surface area contributed by atoms with Crippen LogP contribution in [0.25, 0.3) is 11.1 Å². The zero-order chi connectivity index (χ0) is 38.3. The van der Waals surface area contributed by atoms with Crippen molar-refractivity contribution in [2.75, 3.05) is 13.7 Å². The summed E-state index contributed by atoms with van der Waals surface area (Å²) in [4.78, 5) is 57.4. The van der Waals surface area contributed by atoms with Crippen molar-refractivity contribution in [3.8, 4) is 11.1 Å². The van der Waals surface area contributed by atoms with Crippen LogP contribution in [0.2, 0.25) is 0 Å². The molecule has 1 aliphatic heterocycles. The van der Waals surface area contributed by atoms with Crippen LogP contribution in [-0.4, -0.2) is 79.8 Å². The summed E-state index contributed by atoms with van der Waals surface area (Å²) in [5.74, 6) is -2.49. The molecule has 0 aromatic heterocycles. The van der Waals surface area contributed by atoms with E-state index in [1.165, 1.54) is 18.1 Å². The van der Waals surface area contributed by atoms with E-state index in [-0.39, 0.29) is 25.5 Å². The highest BCUT2D eigenvalue weighted by molar-refractivity contribution is 7.91. The van der Waals surface area contributed by atoms with Gasteiger partial charge >= 0.3 is 6.09 Å².